The van der Waals surface area contributed by atoms with Crippen molar-refractivity contribution >= 4 is 11.7 Å². The Morgan fingerprint density at radius 3 is 2.90 bits per heavy atom. The Balaban J connectivity index is 2.01. The van der Waals surface area contributed by atoms with Gasteiger partial charge in [-0.25, -0.2) is 15.2 Å². The third kappa shape index (κ3) is 3.23. The Morgan fingerprint density at radius 2 is 2.25 bits per heavy atom. The number of halogens is 1. The first-order valence-electron chi connectivity index (χ1n) is 6.53. The van der Waals surface area contributed by atoms with Gasteiger partial charge in [-0.2, -0.15) is 0 Å². The molecule has 1 aromatic heterocycles. The zero-order chi connectivity index (χ0) is 14.6. The van der Waals surface area contributed by atoms with Gasteiger partial charge in [0, 0.05) is 26.0 Å². The number of nitrogens with zero attached hydrogens (tertiary/aromatic N) is 1. The molecule has 7 heteroatoms. The number of aromatic nitrogens is 1. The number of hydrogen-bond donors (Lipinski definition) is 3. The van der Waals surface area contributed by atoms with Crippen LogP contribution < -0.4 is 16.6 Å². The maximum Gasteiger partial charge on any atom is 0.254 e. The summed E-state index contributed by atoms with van der Waals surface area (Å²) in [5, 5.41) is 2.77. The molecule has 4 N–H and O–H groups in total. The number of amides is 1. The molecule has 0 spiro atoms. The lowest BCUT2D eigenvalue weighted by atomic mass is 9.82. The molecule has 6 nitrogen and oxygen atoms in total. The smallest absolute Gasteiger partial charge is 0.254 e. The van der Waals surface area contributed by atoms with Crippen molar-refractivity contribution in [2.75, 3.05) is 25.2 Å². The van der Waals surface area contributed by atoms with Crippen molar-refractivity contribution in [2.45, 2.75) is 19.8 Å². The fourth-order valence-electron chi connectivity index (χ4n) is 2.15. The van der Waals surface area contributed by atoms with Crippen molar-refractivity contribution in [1.82, 2.24) is 10.3 Å². The topological polar surface area (TPSA) is 89.3 Å². The lowest BCUT2D eigenvalue weighted by molar-refractivity contribution is 0.0238. The first-order chi connectivity index (χ1) is 9.56. The summed E-state index contributed by atoms with van der Waals surface area (Å²) < 4.78 is 19.2. The highest BCUT2D eigenvalue weighted by atomic mass is 19.1. The van der Waals surface area contributed by atoms with Crippen LogP contribution in [0.15, 0.2) is 12.3 Å². The lowest BCUT2D eigenvalue weighted by Crippen LogP contribution is -2.39. The Morgan fingerprint density at radius 1 is 1.55 bits per heavy atom. The molecule has 0 bridgehead atoms. The third-order valence-corrected chi connectivity index (χ3v) is 3.65. The number of hydrogen-bond acceptors (Lipinski definition) is 5. The summed E-state index contributed by atoms with van der Waals surface area (Å²) in [6.45, 7) is 3.96. The van der Waals surface area contributed by atoms with Crippen molar-refractivity contribution in [3.63, 3.8) is 0 Å². The molecule has 110 valence electrons. The maximum atomic E-state index is 13.9. The van der Waals surface area contributed by atoms with Gasteiger partial charge in [0.05, 0.1) is 5.56 Å². The molecule has 0 radical (unpaired) electrons. The van der Waals surface area contributed by atoms with Crippen LogP contribution in [0.3, 0.4) is 0 Å². The van der Waals surface area contributed by atoms with E-state index in [0.717, 1.165) is 12.8 Å². The number of ether oxygens (including phenoxy) is 1. The number of carbonyl (C=O) groups is 1. The molecule has 1 aliphatic heterocycles. The van der Waals surface area contributed by atoms with Crippen molar-refractivity contribution in [3.8, 4) is 0 Å². The van der Waals surface area contributed by atoms with Crippen molar-refractivity contribution in [3.05, 3.63) is 23.6 Å². The fraction of sp³-hybridized carbons (Fsp3) is 0.538. The predicted octanol–water partition coefficient (Wildman–Crippen LogP) is 1.05. The quantitative estimate of drug-likeness (QED) is 0.567. The molecule has 1 aliphatic rings. The van der Waals surface area contributed by atoms with Gasteiger partial charge < -0.3 is 15.5 Å². The molecule has 0 unspecified atom stereocenters. The summed E-state index contributed by atoms with van der Waals surface area (Å²) in [6, 6.07) is 1.33. The van der Waals surface area contributed by atoms with Gasteiger partial charge in [0.25, 0.3) is 5.91 Å². The second kappa shape index (κ2) is 6.15. The van der Waals surface area contributed by atoms with E-state index in [1.54, 1.807) is 0 Å². The van der Waals surface area contributed by atoms with Gasteiger partial charge in [-0.3, -0.25) is 4.79 Å². The zero-order valence-electron chi connectivity index (χ0n) is 11.4. The molecule has 1 saturated heterocycles. The van der Waals surface area contributed by atoms with Crippen molar-refractivity contribution in [1.29, 1.82) is 0 Å². The number of rotatable bonds is 4. The highest BCUT2D eigenvalue weighted by molar-refractivity contribution is 5.95. The SMILES string of the molecule is CC1(CNC(=O)c2ccnc(NN)c2F)CCOCC1. The lowest BCUT2D eigenvalue weighted by Gasteiger charge is -2.33. The average molecular weight is 282 g/mol. The van der Waals surface area contributed by atoms with E-state index in [1.807, 2.05) is 0 Å². The highest BCUT2D eigenvalue weighted by Crippen LogP contribution is 2.28. The van der Waals surface area contributed by atoms with Crippen LogP contribution in [0.2, 0.25) is 0 Å². The summed E-state index contributed by atoms with van der Waals surface area (Å²) in [5.41, 5.74) is 2.05. The number of hydrazine groups is 1. The van der Waals surface area contributed by atoms with Gasteiger partial charge in [0.2, 0.25) is 0 Å². The van der Waals surface area contributed by atoms with Crippen LogP contribution in [0.4, 0.5) is 10.2 Å². The molecule has 20 heavy (non-hydrogen) atoms. The van der Waals surface area contributed by atoms with Gasteiger partial charge in [0.1, 0.15) is 0 Å². The van der Waals surface area contributed by atoms with E-state index >= 15 is 0 Å². The number of nitrogens with two attached hydrogens (primary N) is 1. The van der Waals surface area contributed by atoms with Crippen LogP contribution in [0.25, 0.3) is 0 Å². The Bertz CT molecular complexity index is 489. The Kier molecular flexibility index (Phi) is 4.51. The molecule has 0 aromatic carbocycles. The monoisotopic (exact) mass is 282 g/mol. The van der Waals surface area contributed by atoms with Crippen molar-refractivity contribution in [2.24, 2.45) is 11.3 Å². The largest absolute Gasteiger partial charge is 0.381 e. The van der Waals surface area contributed by atoms with E-state index < -0.39 is 11.7 Å². The summed E-state index contributed by atoms with van der Waals surface area (Å²) in [4.78, 5) is 15.7. The van der Waals surface area contributed by atoms with E-state index in [2.05, 4.69) is 22.7 Å². The van der Waals surface area contributed by atoms with Gasteiger partial charge in [-0.1, -0.05) is 6.92 Å². The van der Waals surface area contributed by atoms with Crippen LogP contribution in [0.1, 0.15) is 30.1 Å². The minimum Gasteiger partial charge on any atom is -0.381 e. The first kappa shape index (κ1) is 14.7. The molecule has 0 aliphatic carbocycles. The molecule has 2 rings (SSSR count). The van der Waals surface area contributed by atoms with E-state index in [4.69, 9.17) is 10.6 Å². The number of pyridine rings is 1. The summed E-state index contributed by atoms with van der Waals surface area (Å²) in [5.74, 6) is 3.78. The van der Waals surface area contributed by atoms with E-state index in [0.29, 0.717) is 19.8 Å². The average Bonchev–Trinajstić information content (AvgIpc) is 2.46. The minimum absolute atomic E-state index is 0.00758. The van der Waals surface area contributed by atoms with Crippen LogP contribution in [0, 0.1) is 11.2 Å². The molecular weight excluding hydrogens is 263 g/mol. The second-order valence-corrected chi connectivity index (χ2v) is 5.27. The summed E-state index contributed by atoms with van der Waals surface area (Å²) >= 11 is 0. The predicted molar refractivity (Wildman–Crippen MR) is 72.5 cm³/mol. The van der Waals surface area contributed by atoms with E-state index in [1.165, 1.54) is 12.3 Å². The molecule has 0 atom stereocenters. The molecular formula is C13H19FN4O2. The first-order valence-corrected chi connectivity index (χ1v) is 6.53. The van der Waals surface area contributed by atoms with E-state index in [9.17, 15) is 9.18 Å². The van der Waals surface area contributed by atoms with Gasteiger partial charge >= 0.3 is 0 Å². The Labute approximate surface area is 116 Å². The van der Waals surface area contributed by atoms with Crippen molar-refractivity contribution < 1.29 is 13.9 Å². The number of anilines is 1. The maximum absolute atomic E-state index is 13.9. The molecule has 1 fully saturated rings. The van der Waals surface area contributed by atoms with E-state index in [-0.39, 0.29) is 16.8 Å². The van der Waals surface area contributed by atoms with Gasteiger partial charge in [-0.15, -0.1) is 0 Å². The van der Waals surface area contributed by atoms with Crippen LogP contribution >= 0.6 is 0 Å². The van der Waals surface area contributed by atoms with Crippen LogP contribution in [0.5, 0.6) is 0 Å². The fourth-order valence-corrected chi connectivity index (χ4v) is 2.15. The summed E-state index contributed by atoms with van der Waals surface area (Å²) in [7, 11) is 0. The molecule has 0 saturated carbocycles. The molecule has 1 amide bonds. The third-order valence-electron chi connectivity index (χ3n) is 3.65. The number of nitrogen functional groups attached to an aromatic ring is 1. The standard InChI is InChI=1S/C13H19FN4O2/c1-13(3-6-20-7-4-13)8-17-12(19)9-2-5-16-11(18-15)10(9)14/h2,5H,3-4,6-8,15H2,1H3,(H,16,18)(H,17,19). The Hall–Kier alpha value is -1.73. The van der Waals surface area contributed by atoms with Gasteiger partial charge in [0.15, 0.2) is 11.6 Å². The van der Waals surface area contributed by atoms with Gasteiger partial charge in [-0.05, 0) is 24.3 Å². The zero-order valence-corrected chi connectivity index (χ0v) is 11.4. The summed E-state index contributed by atoms with van der Waals surface area (Å²) in [6.07, 6.45) is 3.09. The highest BCUT2D eigenvalue weighted by Gasteiger charge is 2.28. The number of carbonyl (C=O) groups excluding carboxylic acids is 1. The van der Waals surface area contributed by atoms with Crippen LogP contribution in [-0.2, 0) is 4.74 Å². The number of nitrogens with one attached hydrogen (secondary N) is 2. The van der Waals surface area contributed by atoms with Crippen LogP contribution in [-0.4, -0.2) is 30.6 Å². The minimum atomic E-state index is -0.746. The molecule has 2 heterocycles. The molecule has 1 aromatic rings. The second-order valence-electron chi connectivity index (χ2n) is 5.27. The normalized spacial score (nSPS) is 17.6.